The van der Waals surface area contributed by atoms with Crippen LogP contribution in [0.3, 0.4) is 0 Å². The Labute approximate surface area is 172 Å². The monoisotopic (exact) mass is 392 g/mol. The smallest absolute Gasteiger partial charge is 0.164 e. The van der Waals surface area contributed by atoms with Gasteiger partial charge in [-0.05, 0) is 78.6 Å². The molecule has 0 aromatic heterocycles. The van der Waals surface area contributed by atoms with Gasteiger partial charge in [0, 0.05) is 6.21 Å². The number of nitrogens with one attached hydrogen (secondary N) is 1. The second-order valence-corrected chi connectivity index (χ2v) is 7.78. The summed E-state index contributed by atoms with van der Waals surface area (Å²) >= 11 is 0. The van der Waals surface area contributed by atoms with E-state index in [0.717, 1.165) is 41.6 Å². The molecule has 1 N–H and O–H groups in total. The summed E-state index contributed by atoms with van der Waals surface area (Å²) in [5.74, 6) is -0.213. The van der Waals surface area contributed by atoms with Crippen LogP contribution in [0.4, 0.5) is 15.8 Å². The van der Waals surface area contributed by atoms with Crippen LogP contribution in [0.5, 0.6) is 0 Å². The van der Waals surface area contributed by atoms with Crippen molar-refractivity contribution in [3.8, 4) is 11.1 Å². The molecular weight excluding hydrogens is 363 g/mol. The van der Waals surface area contributed by atoms with Crippen LogP contribution in [-0.2, 0) is 6.42 Å². The Kier molecular flexibility index (Phi) is 6.31. The number of carbonyl (C=O) groups is 1. The predicted octanol–water partition coefficient (Wildman–Crippen LogP) is 7.05. The fourth-order valence-electron chi connectivity index (χ4n) is 4.01. The molecule has 0 saturated heterocycles. The molecule has 29 heavy (non-hydrogen) atoms. The summed E-state index contributed by atoms with van der Waals surface area (Å²) in [7, 11) is 0. The van der Waals surface area contributed by atoms with Gasteiger partial charge in [0.2, 0.25) is 0 Å². The molecule has 3 nitrogen and oxygen atoms in total. The lowest BCUT2D eigenvalue weighted by atomic mass is 9.84. The van der Waals surface area contributed by atoms with E-state index in [1.165, 1.54) is 24.8 Å². The number of halogens is 1. The van der Waals surface area contributed by atoms with Crippen LogP contribution in [0.25, 0.3) is 11.1 Å². The molecule has 0 radical (unpaired) electrons. The Morgan fingerprint density at radius 1 is 1.38 bits per heavy atom. The van der Waals surface area contributed by atoms with Crippen LogP contribution >= 0.6 is 0 Å². The quantitative estimate of drug-likeness (QED) is 0.513. The van der Waals surface area contributed by atoms with E-state index in [-0.39, 0.29) is 17.3 Å². The molecule has 0 spiro atoms. The van der Waals surface area contributed by atoms with E-state index in [1.54, 1.807) is 0 Å². The minimum atomic E-state index is -0.517. The van der Waals surface area contributed by atoms with Crippen molar-refractivity contribution in [1.82, 2.24) is 0 Å². The van der Waals surface area contributed by atoms with Crippen molar-refractivity contribution in [2.24, 2.45) is 10.9 Å². The summed E-state index contributed by atoms with van der Waals surface area (Å²) < 4.78 is 15.0. The summed E-state index contributed by atoms with van der Waals surface area (Å²) in [4.78, 5) is 16.8. The molecule has 0 fully saturated rings. The molecule has 2 aromatic carbocycles. The van der Waals surface area contributed by atoms with Crippen LogP contribution in [-0.4, -0.2) is 12.0 Å². The number of benzene rings is 2. The summed E-state index contributed by atoms with van der Waals surface area (Å²) in [6.07, 6.45) is 6.43. The Balaban J connectivity index is 2.24. The van der Waals surface area contributed by atoms with Gasteiger partial charge < -0.3 is 5.32 Å². The zero-order valence-electron chi connectivity index (χ0n) is 17.7. The number of nitrogens with zero attached hydrogens (tertiary/aromatic N) is 1. The molecule has 1 aliphatic rings. The second-order valence-electron chi connectivity index (χ2n) is 7.78. The summed E-state index contributed by atoms with van der Waals surface area (Å²) in [6.45, 7) is 11.5. The molecule has 152 valence electrons. The van der Waals surface area contributed by atoms with E-state index in [0.29, 0.717) is 11.6 Å². The fraction of sp³-hybridized carbons (Fsp3) is 0.360. The third kappa shape index (κ3) is 4.02. The maximum atomic E-state index is 15.0. The first kappa shape index (κ1) is 21.0. The number of hydrogen-bond acceptors (Lipinski definition) is 3. The van der Waals surface area contributed by atoms with E-state index >= 15 is 4.39 Å². The predicted molar refractivity (Wildman–Crippen MR) is 120 cm³/mol. The van der Waals surface area contributed by atoms with Crippen molar-refractivity contribution in [3.05, 3.63) is 59.6 Å². The fourth-order valence-corrected chi connectivity index (χ4v) is 4.01. The van der Waals surface area contributed by atoms with Gasteiger partial charge in [-0.15, -0.1) is 0 Å². The number of Topliss-reactive ketones (excluding diaryl/α,β-unsaturated/α-hetero) is 1. The van der Waals surface area contributed by atoms with Gasteiger partial charge in [-0.2, -0.15) is 0 Å². The summed E-state index contributed by atoms with van der Waals surface area (Å²) in [6, 6.07) is 7.67. The van der Waals surface area contributed by atoms with Crippen molar-refractivity contribution in [2.75, 3.05) is 5.32 Å². The maximum absolute atomic E-state index is 15.0. The Bertz CT molecular complexity index is 977. The molecule has 0 bridgehead atoms. The van der Waals surface area contributed by atoms with Crippen LogP contribution in [0, 0.1) is 11.7 Å². The molecule has 2 atom stereocenters. The van der Waals surface area contributed by atoms with Gasteiger partial charge in [-0.3, -0.25) is 9.79 Å². The van der Waals surface area contributed by atoms with Gasteiger partial charge in [0.15, 0.2) is 5.78 Å². The zero-order chi connectivity index (χ0) is 21.1. The average molecular weight is 393 g/mol. The lowest BCUT2D eigenvalue weighted by molar-refractivity contribution is 0.101. The third-order valence-electron chi connectivity index (χ3n) is 5.85. The van der Waals surface area contributed by atoms with E-state index < -0.39 is 5.82 Å². The van der Waals surface area contributed by atoms with Crippen LogP contribution in [0.1, 0.15) is 67.9 Å². The maximum Gasteiger partial charge on any atom is 0.164 e. The largest absolute Gasteiger partial charge is 0.361 e. The first-order valence-electron chi connectivity index (χ1n) is 10.3. The highest BCUT2D eigenvalue weighted by molar-refractivity contribution is 6.02. The van der Waals surface area contributed by atoms with Crippen molar-refractivity contribution >= 4 is 23.4 Å². The highest BCUT2D eigenvalue weighted by Crippen LogP contribution is 2.42. The molecule has 2 unspecified atom stereocenters. The van der Waals surface area contributed by atoms with Crippen LogP contribution in [0.2, 0.25) is 0 Å². The van der Waals surface area contributed by atoms with Gasteiger partial charge in [-0.1, -0.05) is 39.5 Å². The molecule has 0 saturated carbocycles. The van der Waals surface area contributed by atoms with Crippen molar-refractivity contribution in [2.45, 2.75) is 52.9 Å². The highest BCUT2D eigenvalue weighted by Gasteiger charge is 2.25. The topological polar surface area (TPSA) is 41.5 Å². The Morgan fingerprint density at radius 2 is 2.14 bits per heavy atom. The number of aliphatic imine (C=N–C) groups is 1. The van der Waals surface area contributed by atoms with Crippen molar-refractivity contribution in [3.63, 3.8) is 0 Å². The molecule has 2 aromatic rings. The van der Waals surface area contributed by atoms with Gasteiger partial charge in [0.1, 0.15) is 5.82 Å². The number of fused-ring (bicyclic) bond motifs is 1. The lowest BCUT2D eigenvalue weighted by Gasteiger charge is -2.24. The molecular formula is C25H29FN2O. The summed E-state index contributed by atoms with van der Waals surface area (Å²) in [5, 5.41) is 3.04. The van der Waals surface area contributed by atoms with E-state index in [2.05, 4.69) is 43.7 Å². The zero-order valence-corrected chi connectivity index (χ0v) is 17.7. The number of anilines is 1. The normalized spacial score (nSPS) is 16.2. The number of hydrogen-bond donors (Lipinski definition) is 1. The molecule has 3 rings (SSSR count). The van der Waals surface area contributed by atoms with Crippen molar-refractivity contribution < 1.29 is 9.18 Å². The minimum Gasteiger partial charge on any atom is -0.361 e. The lowest BCUT2D eigenvalue weighted by Crippen LogP contribution is -2.11. The number of carbonyl (C=O) groups excluding carboxylic acids is 1. The highest BCUT2D eigenvalue weighted by atomic mass is 19.1. The van der Waals surface area contributed by atoms with Crippen molar-refractivity contribution in [1.29, 1.82) is 0 Å². The number of rotatable bonds is 7. The Hall–Kier alpha value is -2.75. The molecule has 1 heterocycles. The molecule has 1 aliphatic heterocycles. The van der Waals surface area contributed by atoms with Gasteiger partial charge in [0.05, 0.1) is 16.9 Å². The SMILES string of the molecule is C=CNc1c(C(C)=O)c(F)cc(-c2ccc3c(c2)N=CC(CC)C3)c1C(C)CC. The van der Waals surface area contributed by atoms with E-state index in [9.17, 15) is 4.79 Å². The van der Waals surface area contributed by atoms with Crippen LogP contribution < -0.4 is 5.32 Å². The molecule has 4 heteroatoms. The summed E-state index contributed by atoms with van der Waals surface area (Å²) in [5.41, 5.74) is 5.41. The van der Waals surface area contributed by atoms with E-state index in [1.807, 2.05) is 18.3 Å². The van der Waals surface area contributed by atoms with E-state index in [4.69, 9.17) is 0 Å². The average Bonchev–Trinajstić information content (AvgIpc) is 2.72. The first-order chi connectivity index (χ1) is 13.9. The van der Waals surface area contributed by atoms with Gasteiger partial charge in [0.25, 0.3) is 0 Å². The second kappa shape index (κ2) is 8.73. The minimum absolute atomic E-state index is 0.0886. The standard InChI is InChI=1S/C25H29FN2O/c1-6-15(4)23-20(13-21(26)24(16(5)29)25(23)27-8-3)18-9-10-19-11-17(7-2)14-28-22(19)12-18/h8-10,12-15,17,27H,3,6-7,11H2,1-2,4-5H3. The first-order valence-corrected chi connectivity index (χ1v) is 10.3. The van der Waals surface area contributed by atoms with Gasteiger partial charge >= 0.3 is 0 Å². The molecule has 0 amide bonds. The van der Waals surface area contributed by atoms with Crippen LogP contribution in [0.15, 0.2) is 42.0 Å². The third-order valence-corrected chi connectivity index (χ3v) is 5.85. The van der Waals surface area contributed by atoms with Gasteiger partial charge in [-0.25, -0.2) is 4.39 Å². The number of ketones is 1. The molecule has 0 aliphatic carbocycles. The Morgan fingerprint density at radius 3 is 2.76 bits per heavy atom.